The monoisotopic (exact) mass is 208 g/mol. The van der Waals surface area contributed by atoms with E-state index in [1.807, 2.05) is 13.8 Å². The van der Waals surface area contributed by atoms with Crippen molar-refractivity contribution in [1.29, 1.82) is 0 Å². The van der Waals surface area contributed by atoms with Gasteiger partial charge in [-0.25, -0.2) is 4.79 Å². The Hall–Kier alpha value is -1.55. The molecule has 5 N–H and O–H groups in total. The van der Waals surface area contributed by atoms with Gasteiger partial charge in [0.05, 0.1) is 11.3 Å². The first-order valence-corrected chi connectivity index (χ1v) is 4.83. The lowest BCUT2D eigenvalue weighted by Gasteiger charge is -2.14. The van der Waals surface area contributed by atoms with E-state index in [9.17, 15) is 4.79 Å². The van der Waals surface area contributed by atoms with Gasteiger partial charge in [-0.15, -0.1) is 0 Å². The topological polar surface area (TPSA) is 89.3 Å². The van der Waals surface area contributed by atoms with E-state index in [4.69, 9.17) is 16.6 Å². The van der Waals surface area contributed by atoms with Crippen molar-refractivity contribution < 1.29 is 9.90 Å². The molecule has 0 fully saturated rings. The molecular weight excluding hydrogens is 192 g/mol. The first kappa shape index (κ1) is 11.5. The fraction of sp³-hybridized carbons (Fsp3) is 0.364. The molecule has 4 nitrogen and oxygen atoms in total. The summed E-state index contributed by atoms with van der Waals surface area (Å²) < 4.78 is 0. The Bertz CT molecular complexity index is 386. The Morgan fingerprint density at radius 1 is 1.47 bits per heavy atom. The molecule has 1 aromatic carbocycles. The third-order valence-electron chi connectivity index (χ3n) is 2.42. The lowest BCUT2D eigenvalue weighted by molar-refractivity contribution is 0.0696. The zero-order valence-electron chi connectivity index (χ0n) is 8.95. The molecular formula is C11H16N2O2. The summed E-state index contributed by atoms with van der Waals surface area (Å²) in [6, 6.07) is 3.57. The Labute approximate surface area is 88.9 Å². The summed E-state index contributed by atoms with van der Waals surface area (Å²) in [7, 11) is 0. The highest BCUT2D eigenvalue weighted by atomic mass is 16.4. The number of carboxylic acids is 1. The number of aromatic carboxylic acids is 1. The highest BCUT2D eigenvalue weighted by molar-refractivity contribution is 5.96. The zero-order chi connectivity index (χ0) is 11.6. The molecule has 0 atom stereocenters. The van der Waals surface area contributed by atoms with Crippen LogP contribution < -0.4 is 11.5 Å². The van der Waals surface area contributed by atoms with Gasteiger partial charge in [0.25, 0.3) is 0 Å². The van der Waals surface area contributed by atoms with E-state index in [2.05, 4.69) is 0 Å². The molecule has 1 rings (SSSR count). The molecule has 0 saturated carbocycles. The number of nitrogen functional groups attached to an aromatic ring is 1. The summed E-state index contributed by atoms with van der Waals surface area (Å²) in [5.74, 6) is -0.864. The molecule has 0 aliphatic rings. The van der Waals surface area contributed by atoms with E-state index in [0.717, 1.165) is 5.56 Å². The average Bonchev–Trinajstić information content (AvgIpc) is 2.16. The van der Waals surface area contributed by atoms with Crippen LogP contribution in [0.2, 0.25) is 0 Å². The number of anilines is 1. The highest BCUT2D eigenvalue weighted by Gasteiger charge is 2.18. The number of hydrogen-bond acceptors (Lipinski definition) is 3. The Balaban J connectivity index is 3.44. The molecule has 0 unspecified atom stereocenters. The van der Waals surface area contributed by atoms with Crippen molar-refractivity contribution in [2.45, 2.75) is 26.3 Å². The SMILES string of the molecule is CC(C)c1ccc(CN)c(N)c1C(=O)O. The van der Waals surface area contributed by atoms with Gasteiger partial charge < -0.3 is 16.6 Å². The quantitative estimate of drug-likeness (QED) is 0.657. The maximum atomic E-state index is 11.1. The largest absolute Gasteiger partial charge is 0.478 e. The predicted octanol–water partition coefficient (Wildman–Crippen LogP) is 1.55. The number of rotatable bonds is 3. The van der Waals surface area contributed by atoms with Crippen LogP contribution in [0.5, 0.6) is 0 Å². The van der Waals surface area contributed by atoms with Crippen LogP contribution >= 0.6 is 0 Å². The predicted molar refractivity (Wildman–Crippen MR) is 59.8 cm³/mol. The Kier molecular flexibility index (Phi) is 3.31. The number of carbonyl (C=O) groups is 1. The van der Waals surface area contributed by atoms with E-state index in [1.165, 1.54) is 0 Å². The molecule has 0 aromatic heterocycles. The van der Waals surface area contributed by atoms with Gasteiger partial charge in [-0.3, -0.25) is 0 Å². The first-order valence-electron chi connectivity index (χ1n) is 4.83. The minimum absolute atomic E-state index is 0.130. The van der Waals surface area contributed by atoms with E-state index >= 15 is 0 Å². The van der Waals surface area contributed by atoms with Crippen LogP contribution in [0.4, 0.5) is 5.69 Å². The van der Waals surface area contributed by atoms with Crippen LogP contribution in [-0.2, 0) is 6.54 Å². The summed E-state index contributed by atoms with van der Waals surface area (Å²) >= 11 is 0. The van der Waals surface area contributed by atoms with Crippen molar-refractivity contribution in [1.82, 2.24) is 0 Å². The normalized spacial score (nSPS) is 10.7. The summed E-state index contributed by atoms with van der Waals surface area (Å²) in [5.41, 5.74) is 13.1. The van der Waals surface area contributed by atoms with Crippen molar-refractivity contribution in [2.24, 2.45) is 5.73 Å². The van der Waals surface area contributed by atoms with Crippen molar-refractivity contribution in [3.05, 3.63) is 28.8 Å². The number of nitrogens with two attached hydrogens (primary N) is 2. The van der Waals surface area contributed by atoms with Crippen LogP contribution in [0.15, 0.2) is 12.1 Å². The van der Waals surface area contributed by atoms with E-state index < -0.39 is 5.97 Å². The Morgan fingerprint density at radius 3 is 2.47 bits per heavy atom. The lowest BCUT2D eigenvalue weighted by Crippen LogP contribution is -2.12. The summed E-state index contributed by atoms with van der Waals surface area (Å²) in [6.07, 6.45) is 0. The van der Waals surface area contributed by atoms with E-state index in [1.54, 1.807) is 12.1 Å². The van der Waals surface area contributed by atoms with Gasteiger partial charge in [-0.2, -0.15) is 0 Å². The van der Waals surface area contributed by atoms with Crippen LogP contribution in [0.1, 0.15) is 41.3 Å². The van der Waals surface area contributed by atoms with Gasteiger partial charge in [0, 0.05) is 6.54 Å². The minimum atomic E-state index is -0.994. The average molecular weight is 208 g/mol. The molecule has 82 valence electrons. The Morgan fingerprint density at radius 2 is 2.07 bits per heavy atom. The smallest absolute Gasteiger partial charge is 0.338 e. The third-order valence-corrected chi connectivity index (χ3v) is 2.42. The molecule has 0 spiro atoms. The highest BCUT2D eigenvalue weighted by Crippen LogP contribution is 2.27. The summed E-state index contributed by atoms with van der Waals surface area (Å²) in [6.45, 7) is 4.12. The van der Waals surface area contributed by atoms with Crippen molar-refractivity contribution in [3.8, 4) is 0 Å². The van der Waals surface area contributed by atoms with Gasteiger partial charge >= 0.3 is 5.97 Å². The number of benzene rings is 1. The van der Waals surface area contributed by atoms with Crippen LogP contribution in [-0.4, -0.2) is 11.1 Å². The second kappa shape index (κ2) is 4.31. The number of hydrogen-bond donors (Lipinski definition) is 3. The van der Waals surface area contributed by atoms with Crippen LogP contribution in [0.3, 0.4) is 0 Å². The third kappa shape index (κ3) is 2.10. The van der Waals surface area contributed by atoms with Crippen LogP contribution in [0.25, 0.3) is 0 Å². The maximum Gasteiger partial charge on any atom is 0.338 e. The minimum Gasteiger partial charge on any atom is -0.478 e. The fourth-order valence-corrected chi connectivity index (χ4v) is 1.58. The molecule has 0 saturated heterocycles. The standard InChI is InChI=1S/C11H16N2O2/c1-6(2)8-4-3-7(5-12)10(13)9(8)11(14)15/h3-4,6H,5,12-13H2,1-2H3,(H,14,15). The molecule has 0 amide bonds. The second-order valence-corrected chi connectivity index (χ2v) is 3.77. The maximum absolute atomic E-state index is 11.1. The van der Waals surface area contributed by atoms with Gasteiger partial charge in [0.15, 0.2) is 0 Å². The zero-order valence-corrected chi connectivity index (χ0v) is 8.95. The molecule has 0 bridgehead atoms. The first-order chi connectivity index (χ1) is 6.99. The second-order valence-electron chi connectivity index (χ2n) is 3.77. The molecule has 4 heteroatoms. The molecule has 0 radical (unpaired) electrons. The molecule has 0 heterocycles. The fourth-order valence-electron chi connectivity index (χ4n) is 1.58. The molecule has 0 aliphatic heterocycles. The molecule has 15 heavy (non-hydrogen) atoms. The van der Waals surface area contributed by atoms with Crippen molar-refractivity contribution >= 4 is 11.7 Å². The summed E-state index contributed by atoms with van der Waals surface area (Å²) in [5, 5.41) is 9.09. The molecule has 1 aromatic rings. The lowest BCUT2D eigenvalue weighted by atomic mass is 9.93. The van der Waals surface area contributed by atoms with Crippen molar-refractivity contribution in [2.75, 3.05) is 5.73 Å². The van der Waals surface area contributed by atoms with Crippen molar-refractivity contribution in [3.63, 3.8) is 0 Å². The van der Waals surface area contributed by atoms with Gasteiger partial charge in [0.2, 0.25) is 0 Å². The summed E-state index contributed by atoms with van der Waals surface area (Å²) in [4.78, 5) is 11.1. The van der Waals surface area contributed by atoms with E-state index in [-0.39, 0.29) is 23.7 Å². The van der Waals surface area contributed by atoms with E-state index in [0.29, 0.717) is 5.56 Å². The number of carboxylic acid groups (broad SMARTS) is 1. The van der Waals surface area contributed by atoms with Gasteiger partial charge in [-0.05, 0) is 17.0 Å². The van der Waals surface area contributed by atoms with Crippen LogP contribution in [0, 0.1) is 0 Å². The molecule has 0 aliphatic carbocycles. The van der Waals surface area contributed by atoms with Gasteiger partial charge in [0.1, 0.15) is 0 Å². The van der Waals surface area contributed by atoms with Gasteiger partial charge in [-0.1, -0.05) is 26.0 Å².